The van der Waals surface area contributed by atoms with Gasteiger partial charge in [-0.15, -0.1) is 5.10 Å². The van der Waals surface area contributed by atoms with E-state index in [4.69, 9.17) is 9.47 Å². The predicted molar refractivity (Wildman–Crippen MR) is 75.2 cm³/mol. The zero-order chi connectivity index (χ0) is 14.1. The third-order valence-electron chi connectivity index (χ3n) is 2.32. The Morgan fingerprint density at radius 3 is 2.47 bits per heavy atom. The average molecular weight is 267 g/mol. The molecule has 0 aliphatic heterocycles. The van der Waals surface area contributed by atoms with E-state index in [1.807, 2.05) is 12.1 Å². The molecular weight excluding hydrogens is 242 g/mol. The van der Waals surface area contributed by atoms with Crippen LogP contribution in [0.1, 0.15) is 33.4 Å². The van der Waals surface area contributed by atoms with Crippen molar-refractivity contribution in [3.05, 3.63) is 17.8 Å². The van der Waals surface area contributed by atoms with Crippen molar-refractivity contribution in [3.63, 3.8) is 0 Å². The molecule has 108 valence electrons. The molecule has 1 rings (SSSR count). The van der Waals surface area contributed by atoms with Crippen molar-refractivity contribution in [1.82, 2.24) is 15.5 Å². The molecule has 0 aliphatic rings. The van der Waals surface area contributed by atoms with E-state index >= 15 is 0 Å². The van der Waals surface area contributed by atoms with E-state index in [1.165, 1.54) is 0 Å². The second kappa shape index (κ2) is 8.82. The SMILES string of the molecule is CC(C)COCCOc1ccc(CNC(C)C)nn1. The molecule has 5 nitrogen and oxygen atoms in total. The highest BCUT2D eigenvalue weighted by molar-refractivity contribution is 5.11. The average Bonchev–Trinajstić information content (AvgIpc) is 2.37. The minimum Gasteiger partial charge on any atom is -0.474 e. The number of rotatable bonds is 9. The zero-order valence-corrected chi connectivity index (χ0v) is 12.3. The number of hydrogen-bond acceptors (Lipinski definition) is 5. The number of aromatic nitrogens is 2. The van der Waals surface area contributed by atoms with Gasteiger partial charge in [0.25, 0.3) is 0 Å². The lowest BCUT2D eigenvalue weighted by atomic mass is 10.2. The van der Waals surface area contributed by atoms with Crippen LogP contribution in [0.3, 0.4) is 0 Å². The molecule has 1 heterocycles. The van der Waals surface area contributed by atoms with Crippen molar-refractivity contribution in [2.24, 2.45) is 5.92 Å². The van der Waals surface area contributed by atoms with Gasteiger partial charge in [0.2, 0.25) is 5.88 Å². The van der Waals surface area contributed by atoms with Crippen LogP contribution in [0.25, 0.3) is 0 Å². The van der Waals surface area contributed by atoms with Gasteiger partial charge in [-0.25, -0.2) is 0 Å². The summed E-state index contributed by atoms with van der Waals surface area (Å²) in [6.07, 6.45) is 0. The molecule has 0 fully saturated rings. The monoisotopic (exact) mass is 267 g/mol. The van der Waals surface area contributed by atoms with Crippen molar-refractivity contribution in [2.45, 2.75) is 40.3 Å². The smallest absolute Gasteiger partial charge is 0.233 e. The lowest BCUT2D eigenvalue weighted by molar-refractivity contribution is 0.0803. The third-order valence-corrected chi connectivity index (χ3v) is 2.32. The van der Waals surface area contributed by atoms with Crippen LogP contribution in [0.4, 0.5) is 0 Å². The van der Waals surface area contributed by atoms with E-state index < -0.39 is 0 Å². The fourth-order valence-electron chi connectivity index (χ4n) is 1.35. The second-order valence-electron chi connectivity index (χ2n) is 5.22. The maximum atomic E-state index is 5.45. The summed E-state index contributed by atoms with van der Waals surface area (Å²) in [5.41, 5.74) is 0.914. The van der Waals surface area contributed by atoms with Gasteiger partial charge in [-0.05, 0) is 12.0 Å². The van der Waals surface area contributed by atoms with E-state index in [-0.39, 0.29) is 0 Å². The molecule has 0 atom stereocenters. The standard InChI is InChI=1S/C14H25N3O2/c1-11(2)10-18-7-8-19-14-6-5-13(16-17-14)9-15-12(3)4/h5-6,11-12,15H,7-10H2,1-4H3. The van der Waals surface area contributed by atoms with Gasteiger partial charge in [0.15, 0.2) is 0 Å². The fraction of sp³-hybridized carbons (Fsp3) is 0.714. The van der Waals surface area contributed by atoms with Gasteiger partial charge in [0.1, 0.15) is 6.61 Å². The normalized spacial score (nSPS) is 11.3. The molecule has 0 radical (unpaired) electrons. The summed E-state index contributed by atoms with van der Waals surface area (Å²) in [5.74, 6) is 1.09. The van der Waals surface area contributed by atoms with Crippen LogP contribution >= 0.6 is 0 Å². The lowest BCUT2D eigenvalue weighted by Gasteiger charge is -2.09. The highest BCUT2D eigenvalue weighted by atomic mass is 16.5. The number of nitrogens with zero attached hydrogens (tertiary/aromatic N) is 2. The molecule has 0 unspecified atom stereocenters. The van der Waals surface area contributed by atoms with E-state index in [1.54, 1.807) is 0 Å². The molecular formula is C14H25N3O2. The van der Waals surface area contributed by atoms with Crippen molar-refractivity contribution >= 4 is 0 Å². The highest BCUT2D eigenvalue weighted by Gasteiger charge is 2.00. The molecule has 1 N–H and O–H groups in total. The van der Waals surface area contributed by atoms with E-state index in [0.717, 1.165) is 18.8 Å². The van der Waals surface area contributed by atoms with Crippen molar-refractivity contribution in [2.75, 3.05) is 19.8 Å². The maximum Gasteiger partial charge on any atom is 0.233 e. The second-order valence-corrected chi connectivity index (χ2v) is 5.22. The molecule has 5 heteroatoms. The molecule has 0 aromatic carbocycles. The van der Waals surface area contributed by atoms with Gasteiger partial charge in [-0.2, -0.15) is 5.10 Å². The molecule has 19 heavy (non-hydrogen) atoms. The van der Waals surface area contributed by atoms with Crippen molar-refractivity contribution in [1.29, 1.82) is 0 Å². The lowest BCUT2D eigenvalue weighted by Crippen LogP contribution is -2.22. The van der Waals surface area contributed by atoms with Crippen molar-refractivity contribution < 1.29 is 9.47 Å². The summed E-state index contributed by atoms with van der Waals surface area (Å²) in [7, 11) is 0. The van der Waals surface area contributed by atoms with Crippen molar-refractivity contribution in [3.8, 4) is 5.88 Å². The molecule has 0 saturated heterocycles. The minimum absolute atomic E-state index is 0.441. The Hall–Kier alpha value is -1.20. The van der Waals surface area contributed by atoms with Crippen LogP contribution in [-0.2, 0) is 11.3 Å². The number of hydrogen-bond donors (Lipinski definition) is 1. The largest absolute Gasteiger partial charge is 0.474 e. The van der Waals surface area contributed by atoms with Gasteiger partial charge in [0, 0.05) is 25.3 Å². The van der Waals surface area contributed by atoms with Gasteiger partial charge < -0.3 is 14.8 Å². The number of nitrogens with one attached hydrogen (secondary N) is 1. The van der Waals surface area contributed by atoms with E-state index in [9.17, 15) is 0 Å². The Kier molecular flexibility index (Phi) is 7.36. The summed E-state index contributed by atoms with van der Waals surface area (Å²) in [6.45, 7) is 11.0. The first-order valence-corrected chi connectivity index (χ1v) is 6.84. The fourth-order valence-corrected chi connectivity index (χ4v) is 1.35. The van der Waals surface area contributed by atoms with Gasteiger partial charge >= 0.3 is 0 Å². The topological polar surface area (TPSA) is 56.3 Å². The number of ether oxygens (including phenoxy) is 2. The van der Waals surface area contributed by atoms with Crippen LogP contribution in [0.2, 0.25) is 0 Å². The quantitative estimate of drug-likeness (QED) is 0.694. The molecule has 0 spiro atoms. The Morgan fingerprint density at radius 1 is 1.11 bits per heavy atom. The minimum atomic E-state index is 0.441. The Bertz CT molecular complexity index is 339. The van der Waals surface area contributed by atoms with Crippen LogP contribution in [0.15, 0.2) is 12.1 Å². The van der Waals surface area contributed by atoms with Crippen LogP contribution in [0.5, 0.6) is 5.88 Å². The molecule has 1 aromatic rings. The molecule has 0 bridgehead atoms. The van der Waals surface area contributed by atoms with E-state index in [2.05, 4.69) is 43.2 Å². The maximum absolute atomic E-state index is 5.45. The summed E-state index contributed by atoms with van der Waals surface area (Å²) in [4.78, 5) is 0. The van der Waals surface area contributed by atoms with Crippen LogP contribution in [-0.4, -0.2) is 36.1 Å². The van der Waals surface area contributed by atoms with Gasteiger partial charge in [-0.1, -0.05) is 27.7 Å². The Labute approximate surface area is 115 Å². The first-order valence-electron chi connectivity index (χ1n) is 6.84. The Morgan fingerprint density at radius 2 is 1.89 bits per heavy atom. The molecule has 0 amide bonds. The first kappa shape index (κ1) is 15.9. The summed E-state index contributed by atoms with van der Waals surface area (Å²) < 4.78 is 10.9. The zero-order valence-electron chi connectivity index (χ0n) is 12.3. The highest BCUT2D eigenvalue weighted by Crippen LogP contribution is 2.05. The van der Waals surface area contributed by atoms with E-state index in [0.29, 0.717) is 31.1 Å². The van der Waals surface area contributed by atoms with Crippen LogP contribution in [0, 0.1) is 5.92 Å². The Balaban J connectivity index is 2.20. The van der Waals surface area contributed by atoms with Crippen LogP contribution < -0.4 is 10.1 Å². The molecule has 0 saturated carbocycles. The summed E-state index contributed by atoms with van der Waals surface area (Å²) >= 11 is 0. The first-order chi connectivity index (χ1) is 9.08. The molecule has 0 aliphatic carbocycles. The summed E-state index contributed by atoms with van der Waals surface area (Å²) in [6, 6.07) is 4.20. The summed E-state index contributed by atoms with van der Waals surface area (Å²) in [5, 5.41) is 11.4. The van der Waals surface area contributed by atoms with Gasteiger partial charge in [0.05, 0.1) is 12.3 Å². The predicted octanol–water partition coefficient (Wildman–Crippen LogP) is 2.03. The van der Waals surface area contributed by atoms with Gasteiger partial charge in [-0.3, -0.25) is 0 Å². The molecule has 1 aromatic heterocycles. The third kappa shape index (κ3) is 7.74.